The van der Waals surface area contributed by atoms with E-state index in [4.69, 9.17) is 0 Å². The lowest BCUT2D eigenvalue weighted by molar-refractivity contribution is 0.0323. The third-order valence-electron chi connectivity index (χ3n) is 3.13. The van der Waals surface area contributed by atoms with Gasteiger partial charge in [0.15, 0.2) is 0 Å². The third-order valence-corrected chi connectivity index (χ3v) is 4.11. The number of rotatable bonds is 3. The summed E-state index contributed by atoms with van der Waals surface area (Å²) in [5.74, 6) is 2.03. The smallest absolute Gasteiger partial charge is 0.150 e. The summed E-state index contributed by atoms with van der Waals surface area (Å²) >= 11 is 1.89. The highest BCUT2D eigenvalue weighted by molar-refractivity contribution is 7.99. The van der Waals surface area contributed by atoms with Gasteiger partial charge in [-0.1, -0.05) is 24.3 Å². The molecule has 0 unspecified atom stereocenters. The van der Waals surface area contributed by atoms with Crippen LogP contribution in [-0.4, -0.2) is 28.5 Å². The molecule has 1 aromatic rings. The first-order chi connectivity index (χ1) is 7.73. The van der Waals surface area contributed by atoms with Crippen LogP contribution in [-0.2, 0) is 6.42 Å². The number of hydrogen-bond donors (Lipinski definition) is 1. The lowest BCUT2D eigenvalue weighted by Crippen LogP contribution is -2.36. The molecule has 2 nitrogen and oxygen atoms in total. The quantitative estimate of drug-likeness (QED) is 0.818. The first-order valence-corrected chi connectivity index (χ1v) is 6.72. The molecule has 1 saturated heterocycles. The van der Waals surface area contributed by atoms with Crippen molar-refractivity contribution in [1.29, 1.82) is 0 Å². The number of benzene rings is 1. The summed E-state index contributed by atoms with van der Waals surface area (Å²) < 4.78 is 0. The lowest BCUT2D eigenvalue weighted by Gasteiger charge is -2.32. The zero-order valence-electron chi connectivity index (χ0n) is 9.19. The molecule has 1 heterocycles. The Morgan fingerprint density at radius 3 is 2.69 bits per heavy atom. The average Bonchev–Trinajstić information content (AvgIpc) is 2.30. The van der Waals surface area contributed by atoms with Crippen molar-refractivity contribution in [3.8, 4) is 0 Å². The van der Waals surface area contributed by atoms with Gasteiger partial charge in [0.05, 0.1) is 5.60 Å². The highest BCUT2D eigenvalue weighted by atomic mass is 32.2. The highest BCUT2D eigenvalue weighted by Crippen LogP contribution is 2.30. The number of aliphatic hydroxyl groups is 1. The molecule has 1 aliphatic heterocycles. The van der Waals surface area contributed by atoms with Gasteiger partial charge in [-0.2, -0.15) is 11.8 Å². The molecule has 0 atom stereocenters. The van der Waals surface area contributed by atoms with Gasteiger partial charge in [0, 0.05) is 12.0 Å². The second-order valence-electron chi connectivity index (χ2n) is 4.33. The van der Waals surface area contributed by atoms with Gasteiger partial charge in [0.1, 0.15) is 6.29 Å². The van der Waals surface area contributed by atoms with Crippen LogP contribution in [0.2, 0.25) is 0 Å². The SMILES string of the molecule is O=Cc1ccccc1CC1(O)CCSCC1. The van der Waals surface area contributed by atoms with Gasteiger partial charge in [-0.05, 0) is 29.9 Å². The Bertz CT molecular complexity index is 370. The maximum absolute atomic E-state index is 10.9. The minimum atomic E-state index is -0.607. The summed E-state index contributed by atoms with van der Waals surface area (Å²) in [6.45, 7) is 0. The molecular formula is C13H16O2S. The average molecular weight is 236 g/mol. The predicted octanol–water partition coefficient (Wildman–Crippen LogP) is 2.30. The fraction of sp³-hybridized carbons (Fsp3) is 0.462. The van der Waals surface area contributed by atoms with E-state index in [1.165, 1.54) is 0 Å². The van der Waals surface area contributed by atoms with Crippen molar-refractivity contribution in [2.24, 2.45) is 0 Å². The molecule has 0 bridgehead atoms. The van der Waals surface area contributed by atoms with E-state index in [0.717, 1.165) is 36.2 Å². The van der Waals surface area contributed by atoms with E-state index in [-0.39, 0.29) is 0 Å². The van der Waals surface area contributed by atoms with Crippen LogP contribution in [0.4, 0.5) is 0 Å². The molecule has 0 spiro atoms. The minimum absolute atomic E-state index is 0.600. The van der Waals surface area contributed by atoms with Crippen molar-refractivity contribution in [3.63, 3.8) is 0 Å². The Morgan fingerprint density at radius 2 is 2.00 bits per heavy atom. The zero-order chi connectivity index (χ0) is 11.4. The van der Waals surface area contributed by atoms with Crippen LogP contribution in [0.15, 0.2) is 24.3 Å². The van der Waals surface area contributed by atoms with Crippen LogP contribution in [0.1, 0.15) is 28.8 Å². The molecule has 0 saturated carbocycles. The summed E-state index contributed by atoms with van der Waals surface area (Å²) in [5.41, 5.74) is 1.06. The molecule has 1 fully saturated rings. The maximum atomic E-state index is 10.9. The Labute approximate surface area is 100 Å². The Balaban J connectivity index is 2.15. The van der Waals surface area contributed by atoms with Crippen molar-refractivity contribution >= 4 is 18.0 Å². The number of carbonyl (C=O) groups is 1. The summed E-state index contributed by atoms with van der Waals surface area (Å²) in [6, 6.07) is 7.52. The standard InChI is InChI=1S/C13H16O2S/c14-10-12-4-2-1-3-11(12)9-13(15)5-7-16-8-6-13/h1-4,10,15H,5-9H2. The number of thioether (sulfide) groups is 1. The molecule has 0 aromatic heterocycles. The molecule has 1 aliphatic rings. The van der Waals surface area contributed by atoms with Crippen LogP contribution >= 0.6 is 11.8 Å². The van der Waals surface area contributed by atoms with Gasteiger partial charge >= 0.3 is 0 Å². The second kappa shape index (κ2) is 5.02. The highest BCUT2D eigenvalue weighted by Gasteiger charge is 2.30. The van der Waals surface area contributed by atoms with E-state index in [2.05, 4.69) is 0 Å². The number of hydrogen-bond acceptors (Lipinski definition) is 3. The molecule has 1 aromatic carbocycles. The van der Waals surface area contributed by atoms with Crippen LogP contribution in [0.5, 0.6) is 0 Å². The van der Waals surface area contributed by atoms with Crippen molar-refractivity contribution in [1.82, 2.24) is 0 Å². The number of aldehydes is 1. The van der Waals surface area contributed by atoms with E-state index in [1.807, 2.05) is 36.0 Å². The Hall–Kier alpha value is -0.800. The first-order valence-electron chi connectivity index (χ1n) is 5.57. The van der Waals surface area contributed by atoms with Gasteiger partial charge in [0.25, 0.3) is 0 Å². The normalized spacial score (nSPS) is 19.3. The molecular weight excluding hydrogens is 220 g/mol. The summed E-state index contributed by atoms with van der Waals surface area (Å²) in [4.78, 5) is 10.9. The van der Waals surface area contributed by atoms with E-state index in [9.17, 15) is 9.90 Å². The fourth-order valence-electron chi connectivity index (χ4n) is 2.09. The van der Waals surface area contributed by atoms with Crippen LogP contribution in [0.25, 0.3) is 0 Å². The van der Waals surface area contributed by atoms with Gasteiger partial charge in [0.2, 0.25) is 0 Å². The molecule has 1 N–H and O–H groups in total. The van der Waals surface area contributed by atoms with Crippen molar-refractivity contribution < 1.29 is 9.90 Å². The number of carbonyl (C=O) groups excluding carboxylic acids is 1. The van der Waals surface area contributed by atoms with E-state index in [0.29, 0.717) is 12.0 Å². The van der Waals surface area contributed by atoms with E-state index >= 15 is 0 Å². The van der Waals surface area contributed by atoms with Crippen molar-refractivity contribution in [2.75, 3.05) is 11.5 Å². The van der Waals surface area contributed by atoms with Crippen molar-refractivity contribution in [2.45, 2.75) is 24.9 Å². The molecule has 86 valence electrons. The second-order valence-corrected chi connectivity index (χ2v) is 5.55. The largest absolute Gasteiger partial charge is 0.389 e. The van der Waals surface area contributed by atoms with Gasteiger partial charge in [-0.15, -0.1) is 0 Å². The Morgan fingerprint density at radius 1 is 1.31 bits per heavy atom. The summed E-state index contributed by atoms with van der Waals surface area (Å²) in [7, 11) is 0. The van der Waals surface area contributed by atoms with E-state index < -0.39 is 5.60 Å². The predicted molar refractivity (Wildman–Crippen MR) is 67.0 cm³/mol. The van der Waals surface area contributed by atoms with E-state index in [1.54, 1.807) is 0 Å². The molecule has 0 amide bonds. The molecule has 2 rings (SSSR count). The van der Waals surface area contributed by atoms with Gasteiger partial charge in [-0.25, -0.2) is 0 Å². The van der Waals surface area contributed by atoms with Gasteiger partial charge in [-0.3, -0.25) is 4.79 Å². The Kier molecular flexibility index (Phi) is 3.66. The summed E-state index contributed by atoms with van der Waals surface area (Å²) in [6.07, 6.45) is 3.12. The monoisotopic (exact) mass is 236 g/mol. The van der Waals surface area contributed by atoms with Crippen LogP contribution in [0, 0.1) is 0 Å². The minimum Gasteiger partial charge on any atom is -0.389 e. The lowest BCUT2D eigenvalue weighted by atomic mass is 9.87. The third kappa shape index (κ3) is 2.66. The molecule has 3 heteroatoms. The molecule has 0 radical (unpaired) electrons. The van der Waals surface area contributed by atoms with Gasteiger partial charge < -0.3 is 5.11 Å². The van der Waals surface area contributed by atoms with Crippen LogP contribution in [0.3, 0.4) is 0 Å². The fourth-order valence-corrected chi connectivity index (χ4v) is 3.35. The van der Waals surface area contributed by atoms with Crippen LogP contribution < -0.4 is 0 Å². The summed E-state index contributed by atoms with van der Waals surface area (Å²) in [5, 5.41) is 10.4. The maximum Gasteiger partial charge on any atom is 0.150 e. The first kappa shape index (κ1) is 11.7. The molecule has 16 heavy (non-hydrogen) atoms. The topological polar surface area (TPSA) is 37.3 Å². The zero-order valence-corrected chi connectivity index (χ0v) is 10.0. The van der Waals surface area contributed by atoms with Crippen molar-refractivity contribution in [3.05, 3.63) is 35.4 Å². The molecule has 0 aliphatic carbocycles.